The Hall–Kier alpha value is -1.06. The molecule has 0 atom stereocenters. The minimum absolute atomic E-state index is 0. The Balaban J connectivity index is 0.00000256. The molecule has 1 aromatic carbocycles. The Morgan fingerprint density at radius 1 is 1.41 bits per heavy atom. The molecule has 0 saturated heterocycles. The first-order valence-electron chi connectivity index (χ1n) is 5.63. The third-order valence-electron chi connectivity index (χ3n) is 2.66. The van der Waals surface area contributed by atoms with Crippen LogP contribution in [0.4, 0.5) is 5.69 Å². The molecule has 96 valence electrons. The average molecular weight is 257 g/mol. The van der Waals surface area contributed by atoms with E-state index in [4.69, 9.17) is 5.73 Å². The highest BCUT2D eigenvalue weighted by Gasteiger charge is 2.10. The van der Waals surface area contributed by atoms with E-state index in [1.165, 1.54) is 5.56 Å². The second-order valence-electron chi connectivity index (χ2n) is 4.24. The van der Waals surface area contributed by atoms with Gasteiger partial charge in [-0.2, -0.15) is 0 Å². The van der Waals surface area contributed by atoms with E-state index >= 15 is 0 Å². The Kier molecular flexibility index (Phi) is 6.85. The van der Waals surface area contributed by atoms with Gasteiger partial charge >= 0.3 is 0 Å². The summed E-state index contributed by atoms with van der Waals surface area (Å²) in [5.41, 5.74) is 7.55. The molecule has 1 aromatic rings. The van der Waals surface area contributed by atoms with Gasteiger partial charge in [0.25, 0.3) is 0 Å². The number of amides is 1. The van der Waals surface area contributed by atoms with Crippen LogP contribution in [0.5, 0.6) is 0 Å². The van der Waals surface area contributed by atoms with Gasteiger partial charge in [-0.05, 0) is 23.6 Å². The first-order valence-corrected chi connectivity index (χ1v) is 5.63. The van der Waals surface area contributed by atoms with Crippen molar-refractivity contribution in [2.75, 3.05) is 18.5 Å². The third-order valence-corrected chi connectivity index (χ3v) is 2.66. The van der Waals surface area contributed by atoms with Crippen LogP contribution in [0.1, 0.15) is 31.7 Å². The van der Waals surface area contributed by atoms with Gasteiger partial charge in [-0.25, -0.2) is 0 Å². The quantitative estimate of drug-likeness (QED) is 0.900. The number of carbonyl (C=O) groups excluding carboxylic acids is 1. The van der Waals surface area contributed by atoms with Gasteiger partial charge in [-0.3, -0.25) is 4.79 Å². The minimum Gasteiger partial charge on any atom is -0.330 e. The van der Waals surface area contributed by atoms with Gasteiger partial charge in [0.2, 0.25) is 5.91 Å². The zero-order valence-corrected chi connectivity index (χ0v) is 11.5. The predicted molar refractivity (Wildman–Crippen MR) is 74.9 cm³/mol. The molecule has 17 heavy (non-hydrogen) atoms. The van der Waals surface area contributed by atoms with Crippen molar-refractivity contribution in [1.29, 1.82) is 0 Å². The summed E-state index contributed by atoms with van der Waals surface area (Å²) < 4.78 is 0. The summed E-state index contributed by atoms with van der Waals surface area (Å²) in [6, 6.07) is 8.06. The van der Waals surface area contributed by atoms with E-state index in [1.54, 1.807) is 11.9 Å². The molecule has 0 heterocycles. The fourth-order valence-corrected chi connectivity index (χ4v) is 1.53. The number of nitrogens with two attached hydrogens (primary N) is 1. The van der Waals surface area contributed by atoms with Crippen LogP contribution in [0.25, 0.3) is 0 Å². The van der Waals surface area contributed by atoms with Crippen LogP contribution in [0.15, 0.2) is 24.3 Å². The molecule has 0 aromatic heterocycles. The highest BCUT2D eigenvalue weighted by atomic mass is 35.5. The van der Waals surface area contributed by atoms with Crippen molar-refractivity contribution in [2.45, 2.75) is 26.2 Å². The van der Waals surface area contributed by atoms with E-state index in [-0.39, 0.29) is 18.3 Å². The van der Waals surface area contributed by atoms with Crippen LogP contribution in [0, 0.1) is 0 Å². The summed E-state index contributed by atoms with van der Waals surface area (Å²) in [7, 11) is 1.79. The summed E-state index contributed by atoms with van der Waals surface area (Å²) in [6.45, 7) is 4.68. The molecule has 3 nitrogen and oxygen atoms in total. The Morgan fingerprint density at radius 3 is 2.59 bits per heavy atom. The normalized spacial score (nSPS) is 9.94. The Bertz CT molecular complexity index is 366. The maximum Gasteiger partial charge on any atom is 0.227 e. The molecule has 0 spiro atoms. The number of benzene rings is 1. The van der Waals surface area contributed by atoms with Crippen LogP contribution in [0.2, 0.25) is 0 Å². The summed E-state index contributed by atoms with van der Waals surface area (Å²) in [5, 5.41) is 0. The molecule has 4 heteroatoms. The number of halogens is 1. The lowest BCUT2D eigenvalue weighted by atomic mass is 10.0. The number of carbonyl (C=O) groups is 1. The third kappa shape index (κ3) is 4.36. The molecule has 0 aliphatic rings. The van der Waals surface area contributed by atoms with Crippen molar-refractivity contribution in [3.8, 4) is 0 Å². The van der Waals surface area contributed by atoms with E-state index in [1.807, 2.05) is 12.1 Å². The lowest BCUT2D eigenvalue weighted by Crippen LogP contribution is -2.28. The largest absolute Gasteiger partial charge is 0.330 e. The monoisotopic (exact) mass is 256 g/mol. The number of nitrogens with zero attached hydrogens (tertiary/aromatic N) is 1. The Morgan fingerprint density at radius 2 is 2.06 bits per heavy atom. The number of hydrogen-bond donors (Lipinski definition) is 1. The minimum atomic E-state index is 0. The molecule has 0 aliphatic carbocycles. The van der Waals surface area contributed by atoms with Gasteiger partial charge in [0.15, 0.2) is 0 Å². The van der Waals surface area contributed by atoms with E-state index in [0.717, 1.165) is 5.69 Å². The highest BCUT2D eigenvalue weighted by Crippen LogP contribution is 2.21. The van der Waals surface area contributed by atoms with Crippen molar-refractivity contribution in [3.63, 3.8) is 0 Å². The van der Waals surface area contributed by atoms with E-state index < -0.39 is 0 Å². The standard InChI is InChI=1S/C13H20N2O.ClH/c1-10(2)11-5-4-6-12(9-11)15(3)13(16)7-8-14;/h4-6,9-10H,7-8,14H2,1-3H3;1H. The molecule has 1 rings (SSSR count). The molecule has 0 fully saturated rings. The molecule has 2 N–H and O–H groups in total. The van der Waals surface area contributed by atoms with E-state index in [0.29, 0.717) is 18.9 Å². The van der Waals surface area contributed by atoms with Crippen LogP contribution in [-0.2, 0) is 4.79 Å². The van der Waals surface area contributed by atoms with Crippen LogP contribution in [0.3, 0.4) is 0 Å². The smallest absolute Gasteiger partial charge is 0.227 e. The second-order valence-corrected chi connectivity index (χ2v) is 4.24. The molecule has 0 radical (unpaired) electrons. The van der Waals surface area contributed by atoms with Gasteiger partial charge in [-0.15, -0.1) is 12.4 Å². The summed E-state index contributed by atoms with van der Waals surface area (Å²) in [6.07, 6.45) is 0.391. The van der Waals surface area contributed by atoms with E-state index in [2.05, 4.69) is 26.0 Å². The van der Waals surface area contributed by atoms with Gasteiger partial charge < -0.3 is 10.6 Å². The molecule has 0 aliphatic heterocycles. The van der Waals surface area contributed by atoms with Gasteiger partial charge in [0.1, 0.15) is 0 Å². The zero-order valence-electron chi connectivity index (χ0n) is 10.6. The summed E-state index contributed by atoms with van der Waals surface area (Å²) >= 11 is 0. The van der Waals surface area contributed by atoms with E-state index in [9.17, 15) is 4.79 Å². The van der Waals surface area contributed by atoms with Crippen molar-refractivity contribution in [1.82, 2.24) is 0 Å². The van der Waals surface area contributed by atoms with Crippen LogP contribution in [-0.4, -0.2) is 19.5 Å². The van der Waals surface area contributed by atoms with Gasteiger partial charge in [0.05, 0.1) is 0 Å². The topological polar surface area (TPSA) is 46.3 Å². The molecule has 1 amide bonds. The van der Waals surface area contributed by atoms with Crippen LogP contribution < -0.4 is 10.6 Å². The number of rotatable bonds is 4. The van der Waals surface area contributed by atoms with Crippen molar-refractivity contribution in [2.24, 2.45) is 5.73 Å². The van der Waals surface area contributed by atoms with Gasteiger partial charge in [0, 0.05) is 25.7 Å². The second kappa shape index (κ2) is 7.30. The fourth-order valence-electron chi connectivity index (χ4n) is 1.53. The summed E-state index contributed by atoms with van der Waals surface area (Å²) in [5.74, 6) is 0.529. The number of hydrogen-bond acceptors (Lipinski definition) is 2. The first-order chi connectivity index (χ1) is 7.56. The molecular weight excluding hydrogens is 236 g/mol. The van der Waals surface area contributed by atoms with Crippen molar-refractivity contribution >= 4 is 24.0 Å². The highest BCUT2D eigenvalue weighted by molar-refractivity contribution is 5.92. The lowest BCUT2D eigenvalue weighted by Gasteiger charge is -2.18. The zero-order chi connectivity index (χ0) is 12.1. The number of anilines is 1. The lowest BCUT2D eigenvalue weighted by molar-refractivity contribution is -0.118. The molecule has 0 unspecified atom stereocenters. The average Bonchev–Trinajstić information content (AvgIpc) is 2.28. The van der Waals surface area contributed by atoms with Crippen LogP contribution >= 0.6 is 12.4 Å². The fraction of sp³-hybridized carbons (Fsp3) is 0.462. The maximum absolute atomic E-state index is 11.7. The maximum atomic E-state index is 11.7. The Labute approximate surface area is 109 Å². The molecule has 0 saturated carbocycles. The molecular formula is C13H21ClN2O. The SMILES string of the molecule is CC(C)c1cccc(N(C)C(=O)CCN)c1.Cl. The van der Waals surface area contributed by atoms with Crippen molar-refractivity contribution in [3.05, 3.63) is 29.8 Å². The van der Waals surface area contributed by atoms with Gasteiger partial charge in [-0.1, -0.05) is 26.0 Å². The summed E-state index contributed by atoms with van der Waals surface area (Å²) in [4.78, 5) is 13.3. The predicted octanol–water partition coefficient (Wildman–Crippen LogP) is 2.54. The first kappa shape index (κ1) is 15.9. The molecule has 0 bridgehead atoms. The van der Waals surface area contributed by atoms with Crippen molar-refractivity contribution < 1.29 is 4.79 Å².